The summed E-state index contributed by atoms with van der Waals surface area (Å²) in [5.74, 6) is 0. The van der Waals surface area contributed by atoms with Gasteiger partial charge in [-0.3, -0.25) is 0 Å². The van der Waals surface area contributed by atoms with Crippen molar-refractivity contribution in [3.05, 3.63) is 194 Å². The van der Waals surface area contributed by atoms with E-state index in [-0.39, 0.29) is 0 Å². The van der Waals surface area contributed by atoms with E-state index in [1.165, 1.54) is 88.0 Å². The second kappa shape index (κ2) is 11.8. The van der Waals surface area contributed by atoms with Gasteiger partial charge in [-0.15, -0.1) is 0 Å². The molecule has 0 amide bonds. The number of hydrogen-bond donors (Lipinski definition) is 0. The predicted molar refractivity (Wildman–Crippen MR) is 206 cm³/mol. The van der Waals surface area contributed by atoms with Crippen LogP contribution >= 0.6 is 0 Å². The van der Waals surface area contributed by atoms with Gasteiger partial charge in [0.25, 0.3) is 0 Å². The van der Waals surface area contributed by atoms with Crippen molar-refractivity contribution in [3.63, 3.8) is 0 Å². The smallest absolute Gasteiger partial charge is 0.00201 e. The highest BCUT2D eigenvalue weighted by molar-refractivity contribution is 6.24. The van der Waals surface area contributed by atoms with E-state index in [4.69, 9.17) is 0 Å². The first-order valence-corrected chi connectivity index (χ1v) is 16.6. The fourth-order valence-corrected chi connectivity index (χ4v) is 7.46. The van der Waals surface area contributed by atoms with Crippen molar-refractivity contribution in [1.29, 1.82) is 0 Å². The molecule has 0 nitrogen and oxygen atoms in total. The summed E-state index contributed by atoms with van der Waals surface area (Å²) in [4.78, 5) is 0. The van der Waals surface area contributed by atoms with Crippen LogP contribution in [0.4, 0.5) is 0 Å². The molecule has 0 aliphatic rings. The van der Waals surface area contributed by atoms with Gasteiger partial charge in [0.15, 0.2) is 0 Å². The standard InChI is InChI=1S/C48H32/c1-3-14-33(15-4-1)35-26-28-36(29-27-35)47-42-22-9-11-24-44(42)48(45-25-12-10-23-43(45)47)46-31-30-39(40-20-7-8-21-41(40)46)38-19-13-18-37(32-38)34-16-5-2-6-17-34/h1-32H. The summed E-state index contributed by atoms with van der Waals surface area (Å²) in [5, 5.41) is 7.58. The van der Waals surface area contributed by atoms with Crippen LogP contribution in [-0.4, -0.2) is 0 Å². The van der Waals surface area contributed by atoms with Gasteiger partial charge < -0.3 is 0 Å². The first-order chi connectivity index (χ1) is 23.8. The Hall–Kier alpha value is -6.24. The van der Waals surface area contributed by atoms with Crippen molar-refractivity contribution >= 4 is 32.3 Å². The first kappa shape index (κ1) is 28.0. The Bertz CT molecular complexity index is 2520. The zero-order valence-corrected chi connectivity index (χ0v) is 26.5. The van der Waals surface area contributed by atoms with Crippen molar-refractivity contribution in [2.24, 2.45) is 0 Å². The minimum atomic E-state index is 1.23. The van der Waals surface area contributed by atoms with Gasteiger partial charge in [-0.2, -0.15) is 0 Å². The van der Waals surface area contributed by atoms with Gasteiger partial charge >= 0.3 is 0 Å². The summed E-state index contributed by atoms with van der Waals surface area (Å²) in [7, 11) is 0. The summed E-state index contributed by atoms with van der Waals surface area (Å²) in [6, 6.07) is 70.6. The maximum absolute atomic E-state index is 2.34. The van der Waals surface area contributed by atoms with Crippen LogP contribution in [0.15, 0.2) is 194 Å². The molecule has 0 fully saturated rings. The second-order valence-corrected chi connectivity index (χ2v) is 12.4. The topological polar surface area (TPSA) is 0 Å². The Kier molecular flexibility index (Phi) is 6.91. The highest BCUT2D eigenvalue weighted by Gasteiger charge is 2.19. The Balaban J connectivity index is 1.26. The van der Waals surface area contributed by atoms with Gasteiger partial charge in [0.2, 0.25) is 0 Å². The molecule has 9 aromatic rings. The van der Waals surface area contributed by atoms with Crippen LogP contribution in [0.2, 0.25) is 0 Å². The second-order valence-electron chi connectivity index (χ2n) is 12.4. The van der Waals surface area contributed by atoms with Crippen LogP contribution in [0.5, 0.6) is 0 Å². The minimum Gasteiger partial charge on any atom is -0.0622 e. The molecule has 0 bridgehead atoms. The van der Waals surface area contributed by atoms with E-state index in [1.54, 1.807) is 0 Å². The maximum atomic E-state index is 2.34. The third-order valence-corrected chi connectivity index (χ3v) is 9.69. The number of rotatable bonds is 5. The highest BCUT2D eigenvalue weighted by atomic mass is 14.2. The quantitative estimate of drug-likeness (QED) is 0.171. The van der Waals surface area contributed by atoms with E-state index in [9.17, 15) is 0 Å². The predicted octanol–water partition coefficient (Wildman–Crippen LogP) is 13.5. The van der Waals surface area contributed by atoms with Crippen molar-refractivity contribution in [2.75, 3.05) is 0 Å². The summed E-state index contributed by atoms with van der Waals surface area (Å²) in [5.41, 5.74) is 12.4. The fourth-order valence-electron chi connectivity index (χ4n) is 7.46. The SMILES string of the molecule is c1ccc(-c2ccc(-c3c4ccccc4c(-c4ccc(-c5cccc(-c6ccccc6)c5)c5ccccc45)c4ccccc34)cc2)cc1. The lowest BCUT2D eigenvalue weighted by atomic mass is 9.83. The monoisotopic (exact) mass is 608 g/mol. The lowest BCUT2D eigenvalue weighted by Gasteiger charge is -2.20. The van der Waals surface area contributed by atoms with E-state index in [2.05, 4.69) is 194 Å². The summed E-state index contributed by atoms with van der Waals surface area (Å²) in [6.45, 7) is 0. The van der Waals surface area contributed by atoms with E-state index >= 15 is 0 Å². The largest absolute Gasteiger partial charge is 0.0622 e. The molecule has 9 rings (SSSR count). The van der Waals surface area contributed by atoms with E-state index in [0.29, 0.717) is 0 Å². The fraction of sp³-hybridized carbons (Fsp3) is 0. The van der Waals surface area contributed by atoms with Crippen LogP contribution in [0.25, 0.3) is 88.0 Å². The Morgan fingerprint density at radius 2 is 0.562 bits per heavy atom. The Labute approximate surface area is 281 Å². The molecule has 0 heteroatoms. The van der Waals surface area contributed by atoms with Crippen LogP contribution in [-0.2, 0) is 0 Å². The Morgan fingerprint density at radius 3 is 1.15 bits per heavy atom. The maximum Gasteiger partial charge on any atom is -0.00201 e. The lowest BCUT2D eigenvalue weighted by molar-refractivity contribution is 1.60. The molecular formula is C48H32. The lowest BCUT2D eigenvalue weighted by Crippen LogP contribution is -1.92. The molecule has 0 saturated heterocycles. The van der Waals surface area contributed by atoms with Gasteiger partial charge in [-0.1, -0.05) is 188 Å². The molecule has 0 atom stereocenters. The van der Waals surface area contributed by atoms with Crippen molar-refractivity contribution in [3.8, 4) is 55.6 Å². The number of fused-ring (bicyclic) bond motifs is 3. The first-order valence-electron chi connectivity index (χ1n) is 16.6. The zero-order valence-electron chi connectivity index (χ0n) is 26.5. The molecule has 0 aromatic heterocycles. The third kappa shape index (κ3) is 4.78. The zero-order chi connectivity index (χ0) is 31.9. The number of benzene rings is 9. The molecule has 9 aromatic carbocycles. The summed E-state index contributed by atoms with van der Waals surface area (Å²) in [6.07, 6.45) is 0. The van der Waals surface area contributed by atoms with Gasteiger partial charge in [0.05, 0.1) is 0 Å². The van der Waals surface area contributed by atoms with Gasteiger partial charge in [0.1, 0.15) is 0 Å². The average Bonchev–Trinajstić information content (AvgIpc) is 3.17. The van der Waals surface area contributed by atoms with Crippen LogP contribution in [0.3, 0.4) is 0 Å². The van der Waals surface area contributed by atoms with E-state index in [1.807, 2.05) is 0 Å². The molecule has 0 aliphatic heterocycles. The van der Waals surface area contributed by atoms with Gasteiger partial charge in [0, 0.05) is 0 Å². The molecule has 0 aliphatic carbocycles. The molecule has 0 unspecified atom stereocenters. The summed E-state index contributed by atoms with van der Waals surface area (Å²) >= 11 is 0. The molecule has 48 heavy (non-hydrogen) atoms. The minimum absolute atomic E-state index is 1.23. The van der Waals surface area contributed by atoms with Crippen LogP contribution in [0.1, 0.15) is 0 Å². The molecule has 0 heterocycles. The normalized spacial score (nSPS) is 11.3. The van der Waals surface area contributed by atoms with Crippen molar-refractivity contribution in [1.82, 2.24) is 0 Å². The number of hydrogen-bond acceptors (Lipinski definition) is 0. The van der Waals surface area contributed by atoms with E-state index < -0.39 is 0 Å². The molecule has 0 N–H and O–H groups in total. The molecule has 224 valence electrons. The summed E-state index contributed by atoms with van der Waals surface area (Å²) < 4.78 is 0. The van der Waals surface area contributed by atoms with Crippen molar-refractivity contribution < 1.29 is 0 Å². The van der Waals surface area contributed by atoms with E-state index in [0.717, 1.165) is 0 Å². The molecular weight excluding hydrogens is 577 g/mol. The van der Waals surface area contributed by atoms with Crippen LogP contribution < -0.4 is 0 Å². The van der Waals surface area contributed by atoms with Crippen molar-refractivity contribution in [2.45, 2.75) is 0 Å². The van der Waals surface area contributed by atoms with Crippen LogP contribution in [0, 0.1) is 0 Å². The third-order valence-electron chi connectivity index (χ3n) is 9.69. The highest BCUT2D eigenvalue weighted by Crippen LogP contribution is 2.46. The van der Waals surface area contributed by atoms with Gasteiger partial charge in [-0.05, 0) is 94.0 Å². The molecule has 0 saturated carbocycles. The molecule has 0 radical (unpaired) electrons. The average molecular weight is 609 g/mol. The molecule has 0 spiro atoms. The van der Waals surface area contributed by atoms with Gasteiger partial charge in [-0.25, -0.2) is 0 Å². The Morgan fingerprint density at radius 1 is 0.188 bits per heavy atom.